The topological polar surface area (TPSA) is 182 Å². The average molecular weight is 884 g/mol. The Labute approximate surface area is 373 Å². The molecule has 3 fully saturated rings. The van der Waals surface area contributed by atoms with Gasteiger partial charge in [0.15, 0.2) is 23.2 Å². The summed E-state index contributed by atoms with van der Waals surface area (Å²) in [4.78, 5) is 31.2. The van der Waals surface area contributed by atoms with Gasteiger partial charge in [0.2, 0.25) is 5.88 Å². The van der Waals surface area contributed by atoms with Gasteiger partial charge < -0.3 is 24.1 Å². The predicted octanol–water partition coefficient (Wildman–Crippen LogP) is 8.03. The standard InChI is InChI=1S/C46H46ClN11O4S/c1-26-27(2)63-45-41(26)42(52-37(20-40-49-16-18-60-40)43-56-53-28(3)58(43)45)30-6-14-39(50-24-30)62-34-21-46(22-34)15-4-17-57(25-46)38-13-12-36(54-55-38)44(59)51-31-7-10-32(11-8-31)61-33-9-5-29(23-48)35(47)19-33/h5-6,9,12-14,16,18-19,24,31-32,34,37H,4,7-8,10-11,15,17,20-22,25H2,1-3H3,(H,51,59)/t31-,32-,34-,37-,46-/m1/s1. The molecule has 17 heteroatoms. The second-order valence-electron chi connectivity index (χ2n) is 17.2. The van der Waals surface area contributed by atoms with Gasteiger partial charge in [-0.2, -0.15) is 5.26 Å². The molecule has 10 rings (SSSR count). The molecule has 2 aliphatic carbocycles. The number of rotatable bonds is 10. The van der Waals surface area contributed by atoms with Crippen LogP contribution >= 0.6 is 22.9 Å². The van der Waals surface area contributed by atoms with Crippen molar-refractivity contribution in [2.75, 3.05) is 18.0 Å². The van der Waals surface area contributed by atoms with Crippen molar-refractivity contribution in [3.8, 4) is 22.7 Å². The number of nitriles is 1. The van der Waals surface area contributed by atoms with Crippen molar-refractivity contribution in [3.63, 3.8) is 0 Å². The third-order valence-electron chi connectivity index (χ3n) is 13.0. The summed E-state index contributed by atoms with van der Waals surface area (Å²) in [6, 6.07) is 14.5. The summed E-state index contributed by atoms with van der Waals surface area (Å²) in [6.45, 7) is 8.00. The molecule has 1 N–H and O–H groups in total. The second kappa shape index (κ2) is 16.8. The van der Waals surface area contributed by atoms with Gasteiger partial charge in [0.1, 0.15) is 41.1 Å². The maximum Gasteiger partial charge on any atom is 0.272 e. The van der Waals surface area contributed by atoms with Crippen LogP contribution in [0.1, 0.15) is 113 Å². The number of anilines is 1. The lowest BCUT2D eigenvalue weighted by atomic mass is 9.62. The second-order valence-corrected chi connectivity index (χ2v) is 18.8. The zero-order valence-corrected chi connectivity index (χ0v) is 36.8. The molecule has 63 heavy (non-hydrogen) atoms. The minimum absolute atomic E-state index is 0.0221. The van der Waals surface area contributed by atoms with Crippen LogP contribution in [0.25, 0.3) is 5.00 Å². The van der Waals surface area contributed by atoms with Crippen LogP contribution in [0.3, 0.4) is 0 Å². The molecule has 1 saturated heterocycles. The van der Waals surface area contributed by atoms with Gasteiger partial charge in [0.05, 0.1) is 35.0 Å². The van der Waals surface area contributed by atoms with Crippen LogP contribution in [0.4, 0.5) is 5.82 Å². The first kappa shape index (κ1) is 40.9. The van der Waals surface area contributed by atoms with Crippen molar-refractivity contribution >= 4 is 40.4 Å². The number of hydrogen-bond donors (Lipinski definition) is 1. The zero-order chi connectivity index (χ0) is 43.2. The quantitative estimate of drug-likeness (QED) is 0.140. The van der Waals surface area contributed by atoms with E-state index in [2.05, 4.69) is 66.1 Å². The summed E-state index contributed by atoms with van der Waals surface area (Å²) in [5.41, 5.74) is 4.85. The van der Waals surface area contributed by atoms with Crippen LogP contribution in [-0.2, 0) is 6.42 Å². The van der Waals surface area contributed by atoms with Gasteiger partial charge in [0.25, 0.3) is 5.91 Å². The number of aromatic nitrogens is 7. The Balaban J connectivity index is 0.740. The van der Waals surface area contributed by atoms with Crippen LogP contribution in [0.5, 0.6) is 11.6 Å². The Morgan fingerprint density at radius 2 is 1.87 bits per heavy atom. The summed E-state index contributed by atoms with van der Waals surface area (Å²) in [7, 11) is 0. The number of amides is 1. The third kappa shape index (κ3) is 8.15. The number of carbonyl (C=O) groups excluding carboxylic acids is 1. The van der Waals surface area contributed by atoms with Crippen molar-refractivity contribution < 1.29 is 18.7 Å². The number of oxazole rings is 1. The van der Waals surface area contributed by atoms with Crippen molar-refractivity contribution in [2.45, 2.75) is 103 Å². The van der Waals surface area contributed by atoms with Crippen LogP contribution in [-0.4, -0.2) is 77.9 Å². The fraction of sp³-hybridized carbons (Fsp3) is 0.413. The Morgan fingerprint density at radius 3 is 2.60 bits per heavy atom. The fourth-order valence-electron chi connectivity index (χ4n) is 9.58. The maximum absolute atomic E-state index is 13.2. The highest BCUT2D eigenvalue weighted by Gasteiger charge is 2.48. The summed E-state index contributed by atoms with van der Waals surface area (Å²) in [5.74, 6) is 3.96. The lowest BCUT2D eigenvalue weighted by molar-refractivity contribution is -0.0261. The van der Waals surface area contributed by atoms with E-state index in [1.165, 1.54) is 10.4 Å². The van der Waals surface area contributed by atoms with Crippen molar-refractivity contribution in [1.82, 2.24) is 40.2 Å². The highest BCUT2D eigenvalue weighted by molar-refractivity contribution is 7.15. The molecule has 322 valence electrons. The van der Waals surface area contributed by atoms with E-state index in [9.17, 15) is 4.79 Å². The first-order chi connectivity index (χ1) is 30.6. The molecule has 15 nitrogen and oxygen atoms in total. The number of carbonyl (C=O) groups is 1. The van der Waals surface area contributed by atoms with Crippen LogP contribution in [0, 0.1) is 37.5 Å². The molecule has 2 aliphatic heterocycles. The SMILES string of the molecule is Cc1sc2c(c1C)C(c1ccc(O[C@H]3C[C@@]4(CCCN(c5ccc(C(=O)N[C@H]6CC[C@H](Oc7ccc(C#N)c(Cl)c7)CC6)nn5)C4)C3)nc1)=N[C@H](Cc1ncco1)c1nnc(C)n1-2. The van der Waals surface area contributed by atoms with E-state index in [1.807, 2.05) is 25.3 Å². The molecule has 2 saturated carbocycles. The Morgan fingerprint density at radius 1 is 1.02 bits per heavy atom. The van der Waals surface area contributed by atoms with Gasteiger partial charge >= 0.3 is 0 Å². The maximum atomic E-state index is 13.2. The van der Waals surface area contributed by atoms with Gasteiger partial charge in [-0.05, 0) is 113 Å². The molecule has 1 amide bonds. The van der Waals surface area contributed by atoms with Gasteiger partial charge in [-0.15, -0.1) is 31.7 Å². The number of nitrogens with one attached hydrogen (secondary N) is 1. The van der Waals surface area contributed by atoms with Gasteiger partial charge in [-0.25, -0.2) is 9.97 Å². The number of benzene rings is 1. The first-order valence-electron chi connectivity index (χ1n) is 21.5. The van der Waals surface area contributed by atoms with E-state index in [-0.39, 0.29) is 35.6 Å². The van der Waals surface area contributed by atoms with Crippen LogP contribution < -0.4 is 19.7 Å². The van der Waals surface area contributed by atoms with Crippen molar-refractivity contribution in [3.05, 3.63) is 117 Å². The zero-order valence-electron chi connectivity index (χ0n) is 35.3. The minimum Gasteiger partial charge on any atom is -0.490 e. The van der Waals surface area contributed by atoms with Crippen molar-refractivity contribution in [2.24, 2.45) is 10.4 Å². The molecule has 1 spiro atoms. The smallest absolute Gasteiger partial charge is 0.272 e. The lowest BCUT2D eigenvalue weighted by Crippen LogP contribution is -2.54. The number of piperidine rings is 1. The normalized spacial score (nSPS) is 22.8. The molecule has 0 radical (unpaired) electrons. The largest absolute Gasteiger partial charge is 0.490 e. The predicted molar refractivity (Wildman–Crippen MR) is 236 cm³/mol. The van der Waals surface area contributed by atoms with Gasteiger partial charge in [-0.3, -0.25) is 14.4 Å². The number of halogens is 1. The van der Waals surface area contributed by atoms with E-state index in [4.69, 9.17) is 40.7 Å². The molecule has 7 heterocycles. The van der Waals surface area contributed by atoms with Crippen molar-refractivity contribution in [1.29, 1.82) is 5.26 Å². The Kier molecular flexibility index (Phi) is 10.9. The van der Waals surface area contributed by atoms with Gasteiger partial charge in [-0.1, -0.05) is 11.6 Å². The number of thiophene rings is 1. The monoisotopic (exact) mass is 883 g/mol. The fourth-order valence-corrected chi connectivity index (χ4v) is 11.0. The number of pyridine rings is 1. The Bertz CT molecular complexity index is 2710. The van der Waals surface area contributed by atoms with E-state index >= 15 is 0 Å². The number of aryl methyl sites for hydroxylation is 2. The Hall–Kier alpha value is -6.18. The first-order valence-corrected chi connectivity index (χ1v) is 22.7. The summed E-state index contributed by atoms with van der Waals surface area (Å²) in [6.07, 6.45) is 12.8. The summed E-state index contributed by atoms with van der Waals surface area (Å²) in [5, 5.41) is 31.6. The van der Waals surface area contributed by atoms with Crippen LogP contribution in [0.2, 0.25) is 5.02 Å². The summed E-state index contributed by atoms with van der Waals surface area (Å²) < 4.78 is 20.3. The highest BCUT2D eigenvalue weighted by Crippen LogP contribution is 2.49. The third-order valence-corrected chi connectivity index (χ3v) is 14.5. The number of nitrogens with zero attached hydrogens (tertiary/aromatic N) is 10. The number of hydrogen-bond acceptors (Lipinski definition) is 14. The lowest BCUT2D eigenvalue weighted by Gasteiger charge is -2.52. The molecule has 0 bridgehead atoms. The van der Waals surface area contributed by atoms with E-state index in [0.717, 1.165) is 104 Å². The molecule has 5 aromatic heterocycles. The molecule has 1 atom stereocenters. The number of fused-ring (bicyclic) bond motifs is 3. The highest BCUT2D eigenvalue weighted by atomic mass is 35.5. The van der Waals surface area contributed by atoms with Crippen LogP contribution in [0.15, 0.2) is 70.5 Å². The summed E-state index contributed by atoms with van der Waals surface area (Å²) >= 11 is 7.89. The van der Waals surface area contributed by atoms with E-state index in [1.54, 1.807) is 48.1 Å². The van der Waals surface area contributed by atoms with E-state index in [0.29, 0.717) is 40.2 Å². The van der Waals surface area contributed by atoms with E-state index < -0.39 is 0 Å². The van der Waals surface area contributed by atoms with Gasteiger partial charge in [0, 0.05) is 53.5 Å². The number of ether oxygens (including phenoxy) is 2. The molecule has 1 aromatic carbocycles. The molecule has 4 aliphatic rings. The molecule has 0 unspecified atom stereocenters. The minimum atomic E-state index is -0.355. The average Bonchev–Trinajstić information content (AvgIpc) is 3.99. The molecular weight excluding hydrogens is 838 g/mol. The molecular formula is C46H46ClN11O4S. The number of aliphatic imine (C=N–C) groups is 1. The molecule has 6 aromatic rings.